The van der Waals surface area contributed by atoms with Gasteiger partial charge in [-0.05, 0) is 63.9 Å². The smallest absolute Gasteiger partial charge is 0.318 e. The lowest BCUT2D eigenvalue weighted by atomic mass is 10.1. The minimum Gasteiger partial charge on any atom is -0.462 e. The summed E-state index contributed by atoms with van der Waals surface area (Å²) in [7, 11) is 2.14. The Labute approximate surface area is 231 Å². The highest BCUT2D eigenvalue weighted by atomic mass is 16.5. The first kappa shape index (κ1) is 26.9. The van der Waals surface area contributed by atoms with Crippen LogP contribution >= 0.6 is 0 Å². The molecule has 2 fully saturated rings. The second-order valence-electron chi connectivity index (χ2n) is 10.8. The van der Waals surface area contributed by atoms with Gasteiger partial charge < -0.3 is 29.2 Å². The molecule has 9 heteroatoms. The molecule has 9 nitrogen and oxygen atoms in total. The molecule has 206 valence electrons. The van der Waals surface area contributed by atoms with Crippen LogP contribution < -0.4 is 14.5 Å². The Bertz CT molecular complexity index is 1240. The van der Waals surface area contributed by atoms with Gasteiger partial charge in [-0.3, -0.25) is 4.79 Å². The Balaban J connectivity index is 1.48. The van der Waals surface area contributed by atoms with E-state index < -0.39 is 0 Å². The number of amides is 1. The van der Waals surface area contributed by atoms with Crippen LogP contribution in [0.15, 0.2) is 36.9 Å². The molecule has 3 aliphatic heterocycles. The number of benzene rings is 1. The maximum Gasteiger partial charge on any atom is 0.318 e. The van der Waals surface area contributed by atoms with Crippen molar-refractivity contribution in [1.82, 2.24) is 19.8 Å². The average Bonchev–Trinajstić information content (AvgIpc) is 3.23. The second-order valence-corrected chi connectivity index (χ2v) is 10.8. The lowest BCUT2D eigenvalue weighted by Crippen LogP contribution is -2.56. The SMILES string of the molecule is [C-]#[N+]C[C@H]1CN(c2nc(OC[C@@H]3CCCN3C)nc3c2CCCN(c2ccccc2C)C3)CCN1C(=O)C=C. The fourth-order valence-corrected chi connectivity index (χ4v) is 6.12. The molecular weight excluding hydrogens is 490 g/mol. The third-order valence-electron chi connectivity index (χ3n) is 8.32. The fourth-order valence-electron chi connectivity index (χ4n) is 6.12. The van der Waals surface area contributed by atoms with Crippen molar-refractivity contribution in [3.05, 3.63) is 65.2 Å². The summed E-state index contributed by atoms with van der Waals surface area (Å²) in [5.41, 5.74) is 4.64. The van der Waals surface area contributed by atoms with E-state index in [9.17, 15) is 4.79 Å². The summed E-state index contributed by atoms with van der Waals surface area (Å²) < 4.78 is 6.28. The van der Waals surface area contributed by atoms with E-state index in [0.29, 0.717) is 44.8 Å². The van der Waals surface area contributed by atoms with Gasteiger partial charge in [0.05, 0.1) is 12.2 Å². The lowest BCUT2D eigenvalue weighted by molar-refractivity contribution is -0.128. The number of piperazine rings is 1. The third kappa shape index (κ3) is 5.86. The predicted molar refractivity (Wildman–Crippen MR) is 153 cm³/mol. The summed E-state index contributed by atoms with van der Waals surface area (Å²) in [4.78, 5) is 34.9. The molecule has 4 heterocycles. The third-order valence-corrected chi connectivity index (χ3v) is 8.32. The number of carbonyl (C=O) groups is 1. The largest absolute Gasteiger partial charge is 0.462 e. The molecule has 0 unspecified atom stereocenters. The van der Waals surface area contributed by atoms with Crippen molar-refractivity contribution in [2.45, 2.75) is 51.2 Å². The number of hydrogen-bond donors (Lipinski definition) is 0. The molecule has 2 atom stereocenters. The zero-order valence-electron chi connectivity index (χ0n) is 23.2. The maximum atomic E-state index is 12.5. The van der Waals surface area contributed by atoms with Crippen LogP contribution in [-0.4, -0.2) is 90.7 Å². The molecular formula is C30H39N7O2. The molecule has 3 aliphatic rings. The molecule has 39 heavy (non-hydrogen) atoms. The maximum absolute atomic E-state index is 12.5. The van der Waals surface area contributed by atoms with Gasteiger partial charge in [-0.25, -0.2) is 6.57 Å². The van der Waals surface area contributed by atoms with E-state index in [-0.39, 0.29) is 18.5 Å². The van der Waals surface area contributed by atoms with E-state index in [0.717, 1.165) is 49.4 Å². The minimum atomic E-state index is -0.210. The van der Waals surface area contributed by atoms with Gasteiger partial charge in [0.2, 0.25) is 12.5 Å². The van der Waals surface area contributed by atoms with Crippen molar-refractivity contribution >= 4 is 17.4 Å². The van der Waals surface area contributed by atoms with Gasteiger partial charge in [-0.15, -0.1) is 0 Å². The molecule has 0 aliphatic carbocycles. The Hall–Kier alpha value is -3.64. The molecule has 2 aromatic rings. The van der Waals surface area contributed by atoms with Crippen LogP contribution in [0.5, 0.6) is 6.01 Å². The number of likely N-dealkylation sites (tertiary alicyclic amines) is 1. The lowest BCUT2D eigenvalue weighted by Gasteiger charge is -2.40. The molecule has 0 N–H and O–H groups in total. The van der Waals surface area contributed by atoms with Gasteiger partial charge in [0.15, 0.2) is 0 Å². The highest BCUT2D eigenvalue weighted by molar-refractivity contribution is 5.87. The number of carbonyl (C=O) groups excluding carboxylic acids is 1. The summed E-state index contributed by atoms with van der Waals surface area (Å²) in [6.07, 6.45) is 5.51. The summed E-state index contributed by atoms with van der Waals surface area (Å²) in [5, 5.41) is 0. The number of ether oxygens (including phenoxy) is 1. The Morgan fingerprint density at radius 3 is 2.74 bits per heavy atom. The number of rotatable bonds is 7. The summed E-state index contributed by atoms with van der Waals surface area (Å²) >= 11 is 0. The van der Waals surface area contributed by atoms with Crippen LogP contribution in [0.3, 0.4) is 0 Å². The summed E-state index contributed by atoms with van der Waals surface area (Å²) in [5.74, 6) is 0.769. The van der Waals surface area contributed by atoms with Gasteiger partial charge in [-0.1, -0.05) is 24.8 Å². The van der Waals surface area contributed by atoms with E-state index in [4.69, 9.17) is 21.3 Å². The number of hydrogen-bond acceptors (Lipinski definition) is 7. The van der Waals surface area contributed by atoms with Crippen molar-refractivity contribution in [3.63, 3.8) is 0 Å². The van der Waals surface area contributed by atoms with E-state index in [2.05, 4.69) is 64.4 Å². The number of likely N-dealkylation sites (N-methyl/N-ethyl adjacent to an activating group) is 1. The Morgan fingerprint density at radius 1 is 1.15 bits per heavy atom. The zero-order chi connectivity index (χ0) is 27.4. The molecule has 0 saturated carbocycles. The van der Waals surface area contributed by atoms with E-state index in [1.807, 2.05) is 0 Å². The van der Waals surface area contributed by atoms with Crippen molar-refractivity contribution in [2.24, 2.45) is 0 Å². The Morgan fingerprint density at radius 2 is 2.00 bits per heavy atom. The van der Waals surface area contributed by atoms with Crippen molar-refractivity contribution < 1.29 is 9.53 Å². The van der Waals surface area contributed by atoms with E-state index >= 15 is 0 Å². The summed E-state index contributed by atoms with van der Waals surface area (Å²) in [6, 6.07) is 9.08. The molecule has 1 amide bonds. The number of para-hydroxylation sites is 1. The van der Waals surface area contributed by atoms with Crippen LogP contribution in [0.1, 0.15) is 36.1 Å². The Kier molecular flexibility index (Phi) is 8.32. The van der Waals surface area contributed by atoms with Crippen LogP contribution in [0.25, 0.3) is 4.85 Å². The second kappa shape index (κ2) is 12.0. The summed E-state index contributed by atoms with van der Waals surface area (Å²) in [6.45, 7) is 18.5. The number of aromatic nitrogens is 2. The highest BCUT2D eigenvalue weighted by Gasteiger charge is 2.34. The van der Waals surface area contributed by atoms with Crippen molar-refractivity contribution in [1.29, 1.82) is 0 Å². The first-order valence-corrected chi connectivity index (χ1v) is 14.0. The van der Waals surface area contributed by atoms with Crippen molar-refractivity contribution in [2.75, 3.05) is 62.7 Å². The standard InChI is InChI=1S/C30H39N7O2/c1-5-28(38)37-17-16-36(19-24(37)18-31-3)29-25-12-9-15-35(27-13-7-6-10-22(27)2)20-26(25)32-30(33-29)39-21-23-11-8-14-34(23)4/h5-7,10,13,23-24H,1,8-9,11-12,14-21H2,2,4H3/t23-,24-/m0/s1. The molecule has 0 spiro atoms. The minimum absolute atomic E-state index is 0.122. The number of fused-ring (bicyclic) bond motifs is 1. The van der Waals surface area contributed by atoms with Gasteiger partial charge in [0, 0.05) is 43.5 Å². The molecule has 2 saturated heterocycles. The predicted octanol–water partition coefficient (Wildman–Crippen LogP) is 3.33. The van der Waals surface area contributed by atoms with Crippen LogP contribution in [0.4, 0.5) is 11.5 Å². The number of aryl methyl sites for hydroxylation is 1. The quantitative estimate of drug-likeness (QED) is 0.403. The normalized spacial score (nSPS) is 21.7. The molecule has 1 aromatic heterocycles. The fraction of sp³-hybridized carbons (Fsp3) is 0.533. The van der Waals surface area contributed by atoms with Gasteiger partial charge in [0.1, 0.15) is 18.5 Å². The van der Waals surface area contributed by atoms with Crippen LogP contribution in [0, 0.1) is 13.5 Å². The first-order chi connectivity index (χ1) is 19.0. The van der Waals surface area contributed by atoms with Crippen LogP contribution in [0.2, 0.25) is 0 Å². The monoisotopic (exact) mass is 529 g/mol. The average molecular weight is 530 g/mol. The van der Waals surface area contributed by atoms with E-state index in [1.54, 1.807) is 4.90 Å². The highest BCUT2D eigenvalue weighted by Crippen LogP contribution is 2.32. The van der Waals surface area contributed by atoms with Gasteiger partial charge >= 0.3 is 6.01 Å². The zero-order valence-corrected chi connectivity index (χ0v) is 23.2. The molecule has 1 aromatic carbocycles. The van der Waals surface area contributed by atoms with E-state index in [1.165, 1.54) is 23.7 Å². The van der Waals surface area contributed by atoms with Crippen molar-refractivity contribution in [3.8, 4) is 6.01 Å². The number of anilines is 2. The molecule has 5 rings (SSSR count). The molecule has 0 bridgehead atoms. The van der Waals surface area contributed by atoms with Gasteiger partial charge in [-0.2, -0.15) is 9.97 Å². The molecule has 0 radical (unpaired) electrons. The number of nitrogens with zero attached hydrogens (tertiary/aromatic N) is 7. The first-order valence-electron chi connectivity index (χ1n) is 14.0. The van der Waals surface area contributed by atoms with Gasteiger partial charge in [0.25, 0.3) is 0 Å². The topological polar surface area (TPSA) is 69.4 Å². The van der Waals surface area contributed by atoms with Crippen LogP contribution in [-0.2, 0) is 17.8 Å².